The molecule has 0 aromatic carbocycles. The first-order valence-electron chi connectivity index (χ1n) is 7.60. The summed E-state index contributed by atoms with van der Waals surface area (Å²) in [5.74, 6) is 0. The van der Waals surface area contributed by atoms with Crippen LogP contribution in [0.15, 0.2) is 24.5 Å². The van der Waals surface area contributed by atoms with Gasteiger partial charge in [-0.15, -0.1) is 0 Å². The molecule has 0 aliphatic rings. The number of nitrogens with one attached hydrogen (secondary N) is 1. The van der Waals surface area contributed by atoms with Gasteiger partial charge in [0.2, 0.25) is 0 Å². The Morgan fingerprint density at radius 2 is 2.11 bits per heavy atom. The molecule has 1 N–H and O–H groups in total. The van der Waals surface area contributed by atoms with Crippen LogP contribution in [0, 0.1) is 0 Å². The lowest BCUT2D eigenvalue weighted by Crippen LogP contribution is -2.30. The van der Waals surface area contributed by atoms with E-state index in [0.717, 1.165) is 13.0 Å². The third kappa shape index (κ3) is 7.28. The minimum atomic E-state index is 0.604. The fourth-order valence-corrected chi connectivity index (χ4v) is 2.27. The second-order valence-electron chi connectivity index (χ2n) is 5.14. The SMILES string of the molecule is CCN(CC)CCCC(C)NCCc1cccnc1. The molecule has 1 unspecified atom stereocenters. The average Bonchev–Trinajstić information content (AvgIpc) is 2.45. The maximum absolute atomic E-state index is 4.14. The molecule has 1 atom stereocenters. The molecule has 19 heavy (non-hydrogen) atoms. The largest absolute Gasteiger partial charge is 0.314 e. The van der Waals surface area contributed by atoms with Gasteiger partial charge in [-0.05, 0) is 64.0 Å². The number of aromatic nitrogens is 1. The van der Waals surface area contributed by atoms with Crippen LogP contribution in [-0.2, 0) is 6.42 Å². The van der Waals surface area contributed by atoms with Gasteiger partial charge in [0.05, 0.1) is 0 Å². The Morgan fingerprint density at radius 1 is 1.32 bits per heavy atom. The van der Waals surface area contributed by atoms with E-state index in [0.29, 0.717) is 6.04 Å². The molecule has 108 valence electrons. The highest BCUT2D eigenvalue weighted by Gasteiger charge is 2.03. The maximum atomic E-state index is 4.14. The van der Waals surface area contributed by atoms with Crippen molar-refractivity contribution in [3.8, 4) is 0 Å². The molecule has 3 heteroatoms. The van der Waals surface area contributed by atoms with E-state index in [1.807, 2.05) is 18.5 Å². The summed E-state index contributed by atoms with van der Waals surface area (Å²) in [6.07, 6.45) is 7.37. The second-order valence-corrected chi connectivity index (χ2v) is 5.14. The highest BCUT2D eigenvalue weighted by atomic mass is 15.1. The molecule has 0 radical (unpaired) electrons. The fraction of sp³-hybridized carbons (Fsp3) is 0.688. The Hall–Kier alpha value is -0.930. The molecule has 0 aliphatic carbocycles. The Balaban J connectivity index is 2.06. The Labute approximate surface area is 118 Å². The minimum absolute atomic E-state index is 0.604. The highest BCUT2D eigenvalue weighted by Crippen LogP contribution is 2.01. The molecule has 0 bridgehead atoms. The number of hydrogen-bond donors (Lipinski definition) is 1. The summed E-state index contributed by atoms with van der Waals surface area (Å²) in [5.41, 5.74) is 1.31. The summed E-state index contributed by atoms with van der Waals surface area (Å²) in [7, 11) is 0. The van der Waals surface area contributed by atoms with Gasteiger partial charge in [0.15, 0.2) is 0 Å². The predicted octanol–water partition coefficient (Wildman–Crippen LogP) is 2.72. The van der Waals surface area contributed by atoms with Crippen molar-refractivity contribution in [3.05, 3.63) is 30.1 Å². The standard InChI is InChI=1S/C16H29N3/c1-4-19(5-2)13-7-8-15(3)18-12-10-16-9-6-11-17-14-16/h6,9,11,14-15,18H,4-5,7-8,10,12-13H2,1-3H3. The van der Waals surface area contributed by atoms with Crippen molar-refractivity contribution >= 4 is 0 Å². The van der Waals surface area contributed by atoms with Crippen molar-refractivity contribution in [3.63, 3.8) is 0 Å². The van der Waals surface area contributed by atoms with Crippen LogP contribution in [0.5, 0.6) is 0 Å². The number of nitrogens with zero attached hydrogens (tertiary/aromatic N) is 2. The van der Waals surface area contributed by atoms with Crippen LogP contribution in [-0.4, -0.2) is 42.1 Å². The smallest absolute Gasteiger partial charge is 0.0300 e. The summed E-state index contributed by atoms with van der Waals surface area (Å²) in [6, 6.07) is 4.75. The highest BCUT2D eigenvalue weighted by molar-refractivity contribution is 5.08. The molecule has 0 aliphatic heterocycles. The number of pyridine rings is 1. The fourth-order valence-electron chi connectivity index (χ4n) is 2.27. The molecule has 0 spiro atoms. The van der Waals surface area contributed by atoms with Crippen LogP contribution in [0.1, 0.15) is 39.2 Å². The molecule has 1 aromatic rings. The lowest BCUT2D eigenvalue weighted by atomic mass is 10.1. The summed E-state index contributed by atoms with van der Waals surface area (Å²) >= 11 is 0. The summed E-state index contributed by atoms with van der Waals surface area (Å²) in [6.45, 7) is 11.3. The van der Waals surface area contributed by atoms with Crippen LogP contribution in [0.2, 0.25) is 0 Å². The van der Waals surface area contributed by atoms with E-state index >= 15 is 0 Å². The number of rotatable bonds is 10. The van der Waals surface area contributed by atoms with Crippen molar-refractivity contribution in [1.29, 1.82) is 0 Å². The molecule has 1 aromatic heterocycles. The van der Waals surface area contributed by atoms with E-state index in [1.54, 1.807) is 0 Å². The van der Waals surface area contributed by atoms with E-state index in [1.165, 1.54) is 38.0 Å². The van der Waals surface area contributed by atoms with Crippen LogP contribution in [0.3, 0.4) is 0 Å². The van der Waals surface area contributed by atoms with E-state index in [-0.39, 0.29) is 0 Å². The van der Waals surface area contributed by atoms with Crippen LogP contribution in [0.25, 0.3) is 0 Å². The third-order valence-corrected chi connectivity index (χ3v) is 3.64. The van der Waals surface area contributed by atoms with Crippen molar-refractivity contribution in [2.24, 2.45) is 0 Å². The molecule has 0 fully saturated rings. The zero-order chi connectivity index (χ0) is 13.9. The van der Waals surface area contributed by atoms with E-state index in [2.05, 4.69) is 42.0 Å². The Kier molecular flexibility index (Phi) is 8.43. The Bertz CT molecular complexity index is 309. The van der Waals surface area contributed by atoms with Crippen molar-refractivity contribution in [1.82, 2.24) is 15.2 Å². The van der Waals surface area contributed by atoms with Gasteiger partial charge in [0.25, 0.3) is 0 Å². The van der Waals surface area contributed by atoms with Gasteiger partial charge < -0.3 is 10.2 Å². The van der Waals surface area contributed by atoms with E-state index in [4.69, 9.17) is 0 Å². The lowest BCUT2D eigenvalue weighted by molar-refractivity contribution is 0.290. The van der Waals surface area contributed by atoms with E-state index < -0.39 is 0 Å². The van der Waals surface area contributed by atoms with Gasteiger partial charge in [0.1, 0.15) is 0 Å². The first-order chi connectivity index (χ1) is 9.26. The monoisotopic (exact) mass is 263 g/mol. The first-order valence-corrected chi connectivity index (χ1v) is 7.60. The zero-order valence-corrected chi connectivity index (χ0v) is 12.7. The molecule has 0 saturated heterocycles. The molecular weight excluding hydrogens is 234 g/mol. The van der Waals surface area contributed by atoms with Crippen molar-refractivity contribution < 1.29 is 0 Å². The molecule has 0 amide bonds. The van der Waals surface area contributed by atoms with Crippen LogP contribution in [0.4, 0.5) is 0 Å². The van der Waals surface area contributed by atoms with Gasteiger partial charge in [-0.25, -0.2) is 0 Å². The number of hydrogen-bond acceptors (Lipinski definition) is 3. The Morgan fingerprint density at radius 3 is 2.74 bits per heavy atom. The van der Waals surface area contributed by atoms with Gasteiger partial charge in [0, 0.05) is 18.4 Å². The normalized spacial score (nSPS) is 12.8. The quantitative estimate of drug-likeness (QED) is 0.703. The van der Waals surface area contributed by atoms with Crippen molar-refractivity contribution in [2.75, 3.05) is 26.2 Å². The van der Waals surface area contributed by atoms with Gasteiger partial charge in [-0.2, -0.15) is 0 Å². The van der Waals surface area contributed by atoms with Gasteiger partial charge in [-0.3, -0.25) is 4.98 Å². The van der Waals surface area contributed by atoms with Gasteiger partial charge in [-0.1, -0.05) is 19.9 Å². The molecule has 1 rings (SSSR count). The van der Waals surface area contributed by atoms with E-state index in [9.17, 15) is 0 Å². The van der Waals surface area contributed by atoms with Crippen LogP contribution < -0.4 is 5.32 Å². The summed E-state index contributed by atoms with van der Waals surface area (Å²) in [5, 5.41) is 3.59. The van der Waals surface area contributed by atoms with Gasteiger partial charge >= 0.3 is 0 Å². The maximum Gasteiger partial charge on any atom is 0.0300 e. The molecule has 0 saturated carbocycles. The van der Waals surface area contributed by atoms with Crippen LogP contribution >= 0.6 is 0 Å². The summed E-state index contributed by atoms with van der Waals surface area (Å²) in [4.78, 5) is 6.63. The second kappa shape index (κ2) is 9.93. The lowest BCUT2D eigenvalue weighted by Gasteiger charge is -2.19. The topological polar surface area (TPSA) is 28.2 Å². The van der Waals surface area contributed by atoms with Crippen molar-refractivity contribution in [2.45, 2.75) is 46.1 Å². The zero-order valence-electron chi connectivity index (χ0n) is 12.7. The molecule has 3 nitrogen and oxygen atoms in total. The minimum Gasteiger partial charge on any atom is -0.314 e. The average molecular weight is 263 g/mol. The summed E-state index contributed by atoms with van der Waals surface area (Å²) < 4.78 is 0. The predicted molar refractivity (Wildman–Crippen MR) is 82.4 cm³/mol. The first kappa shape index (κ1) is 16.1. The third-order valence-electron chi connectivity index (χ3n) is 3.64. The molecular formula is C16H29N3. The molecule has 1 heterocycles.